The molecule has 0 radical (unpaired) electrons. The highest BCUT2D eigenvalue weighted by Gasteiger charge is 2.18. The molecule has 2 aromatic carbocycles. The Morgan fingerprint density at radius 3 is 2.81 bits per heavy atom. The molecular formula is C19H16N6O2. The molecule has 8 heteroatoms. The number of aromatic nitrogens is 5. The molecule has 0 fully saturated rings. The number of hydrogen-bond donors (Lipinski definition) is 2. The minimum atomic E-state index is -0.719. The van der Waals surface area contributed by atoms with E-state index in [-0.39, 0.29) is 11.5 Å². The van der Waals surface area contributed by atoms with Crippen LogP contribution < -0.4 is 10.9 Å². The molecule has 0 bridgehead atoms. The summed E-state index contributed by atoms with van der Waals surface area (Å²) < 4.78 is 1.33. The lowest BCUT2D eigenvalue weighted by atomic mass is 10.2. The molecule has 0 aliphatic carbocycles. The number of amides is 1. The Labute approximate surface area is 153 Å². The van der Waals surface area contributed by atoms with Crippen LogP contribution in [0.4, 0.5) is 5.69 Å². The summed E-state index contributed by atoms with van der Waals surface area (Å²) in [6.07, 6.45) is 2.82. The third kappa shape index (κ3) is 3.20. The average molecular weight is 360 g/mol. The molecule has 134 valence electrons. The van der Waals surface area contributed by atoms with E-state index in [0.717, 1.165) is 5.56 Å². The Kier molecular flexibility index (Phi) is 4.21. The van der Waals surface area contributed by atoms with Crippen molar-refractivity contribution in [2.45, 2.75) is 13.0 Å². The minimum Gasteiger partial charge on any atom is -0.324 e. The normalized spacial score (nSPS) is 12.0. The van der Waals surface area contributed by atoms with E-state index in [1.807, 2.05) is 18.2 Å². The Hall–Kier alpha value is -3.81. The van der Waals surface area contributed by atoms with Crippen molar-refractivity contribution >= 4 is 22.5 Å². The van der Waals surface area contributed by atoms with E-state index in [9.17, 15) is 9.59 Å². The van der Waals surface area contributed by atoms with Gasteiger partial charge in [0.05, 0.1) is 17.2 Å². The fourth-order valence-electron chi connectivity index (χ4n) is 2.82. The Bertz CT molecular complexity index is 1170. The van der Waals surface area contributed by atoms with Crippen molar-refractivity contribution in [1.29, 1.82) is 0 Å². The number of carbonyl (C=O) groups excluding carboxylic acids is 1. The molecule has 4 aromatic rings. The zero-order chi connectivity index (χ0) is 18.8. The van der Waals surface area contributed by atoms with Crippen LogP contribution in [0, 0.1) is 0 Å². The van der Waals surface area contributed by atoms with E-state index in [1.165, 1.54) is 17.2 Å². The zero-order valence-electron chi connectivity index (χ0n) is 14.5. The number of fused-ring (bicyclic) bond motifs is 1. The second-order valence-corrected chi connectivity index (χ2v) is 6.05. The van der Waals surface area contributed by atoms with Gasteiger partial charge >= 0.3 is 0 Å². The maximum atomic E-state index is 12.7. The third-order valence-corrected chi connectivity index (χ3v) is 4.31. The van der Waals surface area contributed by atoms with E-state index in [4.69, 9.17) is 0 Å². The Morgan fingerprint density at radius 2 is 2.00 bits per heavy atom. The van der Waals surface area contributed by atoms with Crippen molar-refractivity contribution in [2.75, 3.05) is 5.32 Å². The van der Waals surface area contributed by atoms with Gasteiger partial charge in [0, 0.05) is 11.3 Å². The first-order chi connectivity index (χ1) is 13.1. The van der Waals surface area contributed by atoms with Crippen molar-refractivity contribution in [2.24, 2.45) is 0 Å². The van der Waals surface area contributed by atoms with Crippen LogP contribution in [0.3, 0.4) is 0 Å². The van der Waals surface area contributed by atoms with E-state index in [1.54, 1.807) is 37.3 Å². The van der Waals surface area contributed by atoms with Gasteiger partial charge in [-0.05, 0) is 31.2 Å². The summed E-state index contributed by atoms with van der Waals surface area (Å²) in [4.78, 5) is 33.7. The summed E-state index contributed by atoms with van der Waals surface area (Å²) >= 11 is 0. The van der Waals surface area contributed by atoms with Crippen molar-refractivity contribution in [3.8, 4) is 11.4 Å². The van der Waals surface area contributed by atoms with Gasteiger partial charge < -0.3 is 5.32 Å². The highest BCUT2D eigenvalue weighted by molar-refractivity contribution is 5.94. The lowest BCUT2D eigenvalue weighted by Gasteiger charge is -2.15. The maximum absolute atomic E-state index is 12.7. The summed E-state index contributed by atoms with van der Waals surface area (Å²) in [6, 6.07) is 13.6. The predicted octanol–water partition coefficient (Wildman–Crippen LogP) is 2.38. The smallest absolute Gasteiger partial charge is 0.261 e. The van der Waals surface area contributed by atoms with Crippen LogP contribution in [0.2, 0.25) is 0 Å². The second-order valence-electron chi connectivity index (χ2n) is 6.05. The minimum absolute atomic E-state index is 0.251. The quantitative estimate of drug-likeness (QED) is 0.581. The van der Waals surface area contributed by atoms with E-state index < -0.39 is 6.04 Å². The van der Waals surface area contributed by atoms with E-state index >= 15 is 0 Å². The molecule has 2 N–H and O–H groups in total. The fraction of sp³-hybridized carbons (Fsp3) is 0.105. The number of H-pyrrole nitrogens is 1. The van der Waals surface area contributed by atoms with Crippen LogP contribution >= 0.6 is 0 Å². The molecule has 8 nitrogen and oxygen atoms in total. The zero-order valence-corrected chi connectivity index (χ0v) is 14.5. The van der Waals surface area contributed by atoms with Crippen LogP contribution in [0.15, 0.2) is 66.0 Å². The van der Waals surface area contributed by atoms with Crippen LogP contribution in [-0.2, 0) is 4.79 Å². The predicted molar refractivity (Wildman–Crippen MR) is 101 cm³/mol. The molecule has 0 aliphatic rings. The lowest BCUT2D eigenvalue weighted by Crippen LogP contribution is -2.31. The van der Waals surface area contributed by atoms with Gasteiger partial charge in [-0.15, -0.1) is 0 Å². The van der Waals surface area contributed by atoms with Crippen molar-refractivity contribution in [3.05, 3.63) is 71.5 Å². The van der Waals surface area contributed by atoms with E-state index in [0.29, 0.717) is 22.4 Å². The molecule has 0 saturated heterocycles. The molecule has 1 amide bonds. The summed E-state index contributed by atoms with van der Waals surface area (Å²) in [7, 11) is 0. The number of nitrogens with zero attached hydrogens (tertiary/aromatic N) is 4. The number of rotatable bonds is 4. The summed E-state index contributed by atoms with van der Waals surface area (Å²) in [5, 5.41) is 9.91. The molecular weight excluding hydrogens is 344 g/mol. The first kappa shape index (κ1) is 16.6. The number of anilines is 1. The molecule has 27 heavy (non-hydrogen) atoms. The highest BCUT2D eigenvalue weighted by Crippen LogP contribution is 2.19. The van der Waals surface area contributed by atoms with Gasteiger partial charge in [-0.1, -0.05) is 24.3 Å². The standard InChI is InChI=1S/C19H16N6O2/c1-12(25-11-21-16-8-3-2-7-15(16)19(25)27)18(26)23-14-6-4-5-13(9-14)17-20-10-22-24-17/h2-12H,1H3,(H,23,26)(H,20,22,24)/t12-/m0/s1. The topological polar surface area (TPSA) is 106 Å². The molecule has 0 spiro atoms. The van der Waals surface area contributed by atoms with Gasteiger partial charge in [-0.2, -0.15) is 5.10 Å². The fourth-order valence-corrected chi connectivity index (χ4v) is 2.82. The summed E-state index contributed by atoms with van der Waals surface area (Å²) in [5.41, 5.74) is 1.75. The summed E-state index contributed by atoms with van der Waals surface area (Å²) in [6.45, 7) is 1.66. The summed E-state index contributed by atoms with van der Waals surface area (Å²) in [5.74, 6) is 0.290. The first-order valence-electron chi connectivity index (χ1n) is 8.36. The molecule has 0 aliphatic heterocycles. The molecule has 2 heterocycles. The number of carbonyl (C=O) groups is 1. The van der Waals surface area contributed by atoms with Gasteiger partial charge in [-0.25, -0.2) is 9.97 Å². The number of aromatic amines is 1. The molecule has 1 atom stereocenters. The number of nitrogens with one attached hydrogen (secondary N) is 2. The van der Waals surface area contributed by atoms with Crippen molar-refractivity contribution < 1.29 is 4.79 Å². The van der Waals surface area contributed by atoms with Crippen LogP contribution in [-0.4, -0.2) is 30.6 Å². The molecule has 0 unspecified atom stereocenters. The van der Waals surface area contributed by atoms with Gasteiger partial charge in [0.2, 0.25) is 5.91 Å². The molecule has 4 rings (SSSR count). The monoisotopic (exact) mass is 360 g/mol. The molecule has 0 saturated carbocycles. The first-order valence-corrected chi connectivity index (χ1v) is 8.36. The average Bonchev–Trinajstić information content (AvgIpc) is 3.23. The van der Waals surface area contributed by atoms with Crippen molar-refractivity contribution in [3.63, 3.8) is 0 Å². The SMILES string of the molecule is C[C@@H](C(=O)Nc1cccc(-c2ncn[nH]2)c1)n1cnc2ccccc2c1=O. The largest absolute Gasteiger partial charge is 0.324 e. The van der Waals surface area contributed by atoms with Gasteiger partial charge in [-0.3, -0.25) is 19.3 Å². The van der Waals surface area contributed by atoms with Crippen LogP contribution in [0.5, 0.6) is 0 Å². The second kappa shape index (κ2) is 6.83. The van der Waals surface area contributed by atoms with Gasteiger partial charge in [0.15, 0.2) is 5.82 Å². The van der Waals surface area contributed by atoms with Gasteiger partial charge in [0.1, 0.15) is 12.4 Å². The van der Waals surface area contributed by atoms with Gasteiger partial charge in [0.25, 0.3) is 5.56 Å². The Balaban J connectivity index is 1.59. The van der Waals surface area contributed by atoms with Crippen molar-refractivity contribution in [1.82, 2.24) is 24.7 Å². The van der Waals surface area contributed by atoms with Crippen LogP contribution in [0.1, 0.15) is 13.0 Å². The molecule has 2 aromatic heterocycles. The maximum Gasteiger partial charge on any atom is 0.261 e. The number of benzene rings is 2. The van der Waals surface area contributed by atoms with E-state index in [2.05, 4.69) is 25.5 Å². The highest BCUT2D eigenvalue weighted by atomic mass is 16.2. The lowest BCUT2D eigenvalue weighted by molar-refractivity contribution is -0.118. The number of para-hydroxylation sites is 1. The van der Waals surface area contributed by atoms with Crippen LogP contribution in [0.25, 0.3) is 22.3 Å². The third-order valence-electron chi connectivity index (χ3n) is 4.31. The Morgan fingerprint density at radius 1 is 1.15 bits per heavy atom. The number of hydrogen-bond acceptors (Lipinski definition) is 5.